The Hall–Kier alpha value is -4.04. The number of fused-ring (bicyclic) bond motifs is 1. The van der Waals surface area contributed by atoms with E-state index in [4.69, 9.17) is 9.15 Å². The molecule has 0 saturated heterocycles. The van der Waals surface area contributed by atoms with Gasteiger partial charge in [-0.2, -0.15) is 4.98 Å². The number of benzene rings is 2. The normalized spacial score (nSPS) is 11.5. The lowest BCUT2D eigenvalue weighted by atomic mass is 10.2. The van der Waals surface area contributed by atoms with E-state index >= 15 is 0 Å². The lowest BCUT2D eigenvalue weighted by Gasteiger charge is -2.08. The number of oxazole rings is 1. The standard InChI is InChI=1S/C24H17N3O4S/c28-32(29,21-10-8-20(9-11-21)30-19-5-2-1-3-6-19)16-18-15-17(12-14-25-18)24-27-23-22(31-24)7-4-13-26-23/h1-15H,16H2. The van der Waals surface area contributed by atoms with Crippen molar-refractivity contribution >= 4 is 21.1 Å². The quantitative estimate of drug-likeness (QED) is 0.362. The van der Waals surface area contributed by atoms with Crippen molar-refractivity contribution in [3.05, 3.63) is 97.0 Å². The van der Waals surface area contributed by atoms with Crippen molar-refractivity contribution in [1.82, 2.24) is 15.0 Å². The monoisotopic (exact) mass is 443 g/mol. The molecule has 0 fully saturated rings. The van der Waals surface area contributed by atoms with E-state index in [0.717, 1.165) is 0 Å². The van der Waals surface area contributed by atoms with Gasteiger partial charge in [-0.05, 0) is 60.7 Å². The third-order valence-electron chi connectivity index (χ3n) is 4.73. The van der Waals surface area contributed by atoms with Gasteiger partial charge in [0.25, 0.3) is 0 Å². The number of para-hydroxylation sites is 1. The van der Waals surface area contributed by atoms with Crippen LogP contribution in [0.2, 0.25) is 0 Å². The van der Waals surface area contributed by atoms with Crippen LogP contribution in [0.15, 0.2) is 101 Å². The van der Waals surface area contributed by atoms with E-state index in [9.17, 15) is 8.42 Å². The third kappa shape index (κ3) is 4.21. The molecule has 0 amide bonds. The second-order valence-electron chi connectivity index (χ2n) is 7.03. The molecule has 2 aromatic carbocycles. The fraction of sp³-hybridized carbons (Fsp3) is 0.0417. The largest absolute Gasteiger partial charge is 0.457 e. The SMILES string of the molecule is O=S(=O)(Cc1cc(-c2nc3ncccc3o2)ccn1)c1ccc(Oc2ccccc2)cc1. The molecule has 0 aliphatic heterocycles. The molecule has 158 valence electrons. The molecular formula is C24H17N3O4S. The number of sulfone groups is 1. The smallest absolute Gasteiger partial charge is 0.229 e. The van der Waals surface area contributed by atoms with Crippen molar-refractivity contribution in [2.45, 2.75) is 10.6 Å². The number of ether oxygens (including phenoxy) is 1. The first kappa shape index (κ1) is 19.9. The summed E-state index contributed by atoms with van der Waals surface area (Å²) in [6, 6.07) is 22.5. The van der Waals surface area contributed by atoms with E-state index in [-0.39, 0.29) is 10.6 Å². The van der Waals surface area contributed by atoms with Gasteiger partial charge in [-0.1, -0.05) is 18.2 Å². The van der Waals surface area contributed by atoms with Gasteiger partial charge in [0, 0.05) is 18.0 Å². The molecule has 7 nitrogen and oxygen atoms in total. The summed E-state index contributed by atoms with van der Waals surface area (Å²) in [7, 11) is -3.61. The maximum atomic E-state index is 12.9. The first-order valence-corrected chi connectivity index (χ1v) is 11.4. The van der Waals surface area contributed by atoms with Crippen LogP contribution < -0.4 is 4.74 Å². The highest BCUT2D eigenvalue weighted by atomic mass is 32.2. The molecule has 0 bridgehead atoms. The predicted octanol–water partition coefficient (Wildman–Crippen LogP) is 5.05. The number of nitrogens with zero attached hydrogens (tertiary/aromatic N) is 3. The number of hydrogen-bond acceptors (Lipinski definition) is 7. The minimum atomic E-state index is -3.61. The summed E-state index contributed by atoms with van der Waals surface area (Å²) in [5.41, 5.74) is 2.08. The summed E-state index contributed by atoms with van der Waals surface area (Å²) < 4.78 is 37.3. The number of rotatable bonds is 6. The molecule has 0 spiro atoms. The second kappa shape index (κ2) is 8.24. The van der Waals surface area contributed by atoms with Crippen LogP contribution in [0.5, 0.6) is 11.5 Å². The van der Waals surface area contributed by atoms with Crippen molar-refractivity contribution in [3.8, 4) is 23.0 Å². The van der Waals surface area contributed by atoms with E-state index in [0.29, 0.717) is 39.9 Å². The lowest BCUT2D eigenvalue weighted by Crippen LogP contribution is -2.06. The van der Waals surface area contributed by atoms with E-state index in [1.165, 1.54) is 12.1 Å². The van der Waals surface area contributed by atoms with Gasteiger partial charge in [0.1, 0.15) is 11.5 Å². The van der Waals surface area contributed by atoms with Crippen LogP contribution in [-0.4, -0.2) is 23.4 Å². The van der Waals surface area contributed by atoms with Crippen molar-refractivity contribution in [2.24, 2.45) is 0 Å². The molecule has 0 aliphatic carbocycles. The maximum absolute atomic E-state index is 12.9. The predicted molar refractivity (Wildman–Crippen MR) is 119 cm³/mol. The van der Waals surface area contributed by atoms with Gasteiger partial charge in [0.05, 0.1) is 16.3 Å². The van der Waals surface area contributed by atoms with Crippen molar-refractivity contribution in [1.29, 1.82) is 0 Å². The molecule has 0 radical (unpaired) electrons. The summed E-state index contributed by atoms with van der Waals surface area (Å²) in [6.07, 6.45) is 3.18. The Balaban J connectivity index is 1.35. The highest BCUT2D eigenvalue weighted by molar-refractivity contribution is 7.90. The Kier molecular flexibility index (Phi) is 5.12. The highest BCUT2D eigenvalue weighted by Crippen LogP contribution is 2.26. The topological polar surface area (TPSA) is 95.2 Å². The van der Waals surface area contributed by atoms with E-state index in [1.54, 1.807) is 48.8 Å². The summed E-state index contributed by atoms with van der Waals surface area (Å²) in [6.45, 7) is 0. The summed E-state index contributed by atoms with van der Waals surface area (Å²) in [4.78, 5) is 12.9. The molecule has 0 aliphatic rings. The maximum Gasteiger partial charge on any atom is 0.229 e. The number of hydrogen-bond donors (Lipinski definition) is 0. The van der Waals surface area contributed by atoms with Crippen LogP contribution in [0.25, 0.3) is 22.7 Å². The molecule has 0 saturated carbocycles. The molecule has 0 atom stereocenters. The summed E-state index contributed by atoms with van der Waals surface area (Å²) in [5, 5.41) is 0. The molecule has 5 rings (SSSR count). The minimum Gasteiger partial charge on any atom is -0.457 e. The zero-order valence-corrected chi connectivity index (χ0v) is 17.6. The first-order valence-electron chi connectivity index (χ1n) is 9.79. The average Bonchev–Trinajstić information content (AvgIpc) is 3.25. The van der Waals surface area contributed by atoms with E-state index in [1.807, 2.05) is 30.3 Å². The van der Waals surface area contributed by atoms with Gasteiger partial charge >= 0.3 is 0 Å². The average molecular weight is 443 g/mol. The van der Waals surface area contributed by atoms with Crippen LogP contribution in [0, 0.1) is 0 Å². The molecule has 0 unspecified atom stereocenters. The van der Waals surface area contributed by atoms with Gasteiger partial charge in [-0.25, -0.2) is 13.4 Å². The Labute approximate surface area is 184 Å². The Morgan fingerprint density at radius 1 is 0.812 bits per heavy atom. The Morgan fingerprint density at radius 2 is 1.59 bits per heavy atom. The van der Waals surface area contributed by atoms with Crippen LogP contribution in [-0.2, 0) is 15.6 Å². The number of pyridine rings is 2. The zero-order chi connectivity index (χ0) is 22.0. The molecule has 8 heteroatoms. The fourth-order valence-corrected chi connectivity index (χ4v) is 4.46. The molecule has 0 N–H and O–H groups in total. The van der Waals surface area contributed by atoms with Crippen molar-refractivity contribution < 1.29 is 17.6 Å². The molecule has 3 aromatic heterocycles. The Morgan fingerprint density at radius 3 is 2.38 bits per heavy atom. The minimum absolute atomic E-state index is 0.191. The van der Waals surface area contributed by atoms with Gasteiger partial charge in [0.15, 0.2) is 21.1 Å². The van der Waals surface area contributed by atoms with E-state index < -0.39 is 9.84 Å². The fourth-order valence-electron chi connectivity index (χ4n) is 3.20. The van der Waals surface area contributed by atoms with Crippen LogP contribution in [0.1, 0.15) is 5.69 Å². The first-order chi connectivity index (χ1) is 15.6. The summed E-state index contributed by atoms with van der Waals surface area (Å²) >= 11 is 0. The zero-order valence-electron chi connectivity index (χ0n) is 16.8. The van der Waals surface area contributed by atoms with Gasteiger partial charge in [-0.15, -0.1) is 0 Å². The highest BCUT2D eigenvalue weighted by Gasteiger charge is 2.18. The van der Waals surface area contributed by atoms with Crippen molar-refractivity contribution in [2.75, 3.05) is 0 Å². The van der Waals surface area contributed by atoms with Gasteiger partial charge in [0.2, 0.25) is 5.89 Å². The second-order valence-corrected chi connectivity index (χ2v) is 9.02. The molecule has 32 heavy (non-hydrogen) atoms. The Bertz CT molecular complexity index is 1450. The van der Waals surface area contributed by atoms with E-state index in [2.05, 4.69) is 15.0 Å². The molecular weight excluding hydrogens is 426 g/mol. The molecule has 3 heterocycles. The summed E-state index contributed by atoms with van der Waals surface area (Å²) in [5.74, 6) is 1.35. The van der Waals surface area contributed by atoms with Crippen molar-refractivity contribution in [3.63, 3.8) is 0 Å². The molecule has 5 aromatic rings. The van der Waals surface area contributed by atoms with Crippen LogP contribution in [0.4, 0.5) is 0 Å². The third-order valence-corrected chi connectivity index (χ3v) is 6.39. The lowest BCUT2D eigenvalue weighted by molar-refractivity contribution is 0.482. The number of aromatic nitrogens is 3. The van der Waals surface area contributed by atoms with Crippen LogP contribution >= 0.6 is 0 Å². The van der Waals surface area contributed by atoms with Crippen LogP contribution in [0.3, 0.4) is 0 Å². The van der Waals surface area contributed by atoms with Gasteiger partial charge in [-0.3, -0.25) is 4.98 Å². The van der Waals surface area contributed by atoms with Gasteiger partial charge < -0.3 is 9.15 Å².